The number of nitrogens with one attached hydrogen (secondary N) is 1. The topological polar surface area (TPSA) is 15.3 Å². The first-order chi connectivity index (χ1) is 6.25. The van der Waals surface area contributed by atoms with Crippen molar-refractivity contribution < 1.29 is 0 Å². The Bertz CT molecular complexity index is 169. The number of rotatable bonds is 3. The van der Waals surface area contributed by atoms with Crippen LogP contribution in [0.25, 0.3) is 0 Å². The molecule has 2 aliphatic rings. The van der Waals surface area contributed by atoms with Crippen LogP contribution in [-0.2, 0) is 0 Å². The zero-order valence-corrected chi connectivity index (χ0v) is 8.92. The van der Waals surface area contributed by atoms with Crippen LogP contribution < -0.4 is 5.32 Å². The van der Waals surface area contributed by atoms with Gasteiger partial charge in [-0.1, -0.05) is 6.92 Å². The van der Waals surface area contributed by atoms with E-state index in [1.807, 2.05) is 0 Å². The molecule has 2 rings (SSSR count). The van der Waals surface area contributed by atoms with Gasteiger partial charge in [0.25, 0.3) is 0 Å². The second-order valence-electron chi connectivity index (χ2n) is 5.00. The molecule has 1 saturated heterocycles. The standard InChI is InChI=1S/C11H22N2/c1-9-6-11(9)12-7-10-4-3-5-13(2)8-10/h9-12H,3-8H2,1-2H3. The normalized spacial score (nSPS) is 40.6. The molecule has 3 unspecified atom stereocenters. The minimum atomic E-state index is 0.854. The Morgan fingerprint density at radius 2 is 2.23 bits per heavy atom. The van der Waals surface area contributed by atoms with Crippen LogP contribution in [0.15, 0.2) is 0 Å². The van der Waals surface area contributed by atoms with Crippen molar-refractivity contribution >= 4 is 0 Å². The molecule has 1 heterocycles. The van der Waals surface area contributed by atoms with E-state index in [-0.39, 0.29) is 0 Å². The molecule has 1 aliphatic carbocycles. The molecule has 1 saturated carbocycles. The third-order valence-electron chi connectivity index (χ3n) is 3.50. The summed E-state index contributed by atoms with van der Waals surface area (Å²) in [4.78, 5) is 2.46. The fourth-order valence-corrected chi connectivity index (χ4v) is 2.36. The van der Waals surface area contributed by atoms with Gasteiger partial charge in [0.1, 0.15) is 0 Å². The zero-order chi connectivity index (χ0) is 9.26. The van der Waals surface area contributed by atoms with Crippen LogP contribution in [0.4, 0.5) is 0 Å². The van der Waals surface area contributed by atoms with Crippen LogP contribution in [0, 0.1) is 11.8 Å². The summed E-state index contributed by atoms with van der Waals surface area (Å²) in [5, 5.41) is 3.67. The van der Waals surface area contributed by atoms with Crippen molar-refractivity contribution in [2.75, 3.05) is 26.7 Å². The summed E-state index contributed by atoms with van der Waals surface area (Å²) in [5.41, 5.74) is 0. The van der Waals surface area contributed by atoms with Gasteiger partial charge < -0.3 is 10.2 Å². The van der Waals surface area contributed by atoms with Crippen molar-refractivity contribution in [2.24, 2.45) is 11.8 Å². The number of hydrogen-bond donors (Lipinski definition) is 1. The van der Waals surface area contributed by atoms with E-state index in [9.17, 15) is 0 Å². The van der Waals surface area contributed by atoms with E-state index in [1.54, 1.807) is 0 Å². The summed E-state index contributed by atoms with van der Waals surface area (Å²) in [6, 6.07) is 0.854. The van der Waals surface area contributed by atoms with E-state index in [0.29, 0.717) is 0 Å². The molecule has 2 fully saturated rings. The number of nitrogens with zero attached hydrogens (tertiary/aromatic N) is 1. The van der Waals surface area contributed by atoms with Gasteiger partial charge in [0.15, 0.2) is 0 Å². The van der Waals surface area contributed by atoms with Crippen LogP contribution in [0.2, 0.25) is 0 Å². The quantitative estimate of drug-likeness (QED) is 0.708. The summed E-state index contributed by atoms with van der Waals surface area (Å²) in [7, 11) is 2.24. The van der Waals surface area contributed by atoms with Crippen LogP contribution in [0.5, 0.6) is 0 Å². The minimum absolute atomic E-state index is 0.854. The van der Waals surface area contributed by atoms with E-state index in [1.165, 1.54) is 38.9 Å². The Morgan fingerprint density at radius 3 is 2.85 bits per heavy atom. The Hall–Kier alpha value is -0.0800. The number of likely N-dealkylation sites (tertiary alicyclic amines) is 1. The Labute approximate surface area is 81.7 Å². The largest absolute Gasteiger partial charge is 0.313 e. The highest BCUT2D eigenvalue weighted by molar-refractivity contribution is 4.90. The van der Waals surface area contributed by atoms with E-state index in [4.69, 9.17) is 0 Å². The van der Waals surface area contributed by atoms with Crippen LogP contribution in [0.1, 0.15) is 26.2 Å². The minimum Gasteiger partial charge on any atom is -0.313 e. The molecule has 0 aromatic heterocycles. The van der Waals surface area contributed by atoms with Gasteiger partial charge in [0.2, 0.25) is 0 Å². The molecule has 1 aliphatic heterocycles. The van der Waals surface area contributed by atoms with E-state index < -0.39 is 0 Å². The van der Waals surface area contributed by atoms with Crippen LogP contribution in [-0.4, -0.2) is 37.6 Å². The lowest BCUT2D eigenvalue weighted by Crippen LogP contribution is -2.38. The van der Waals surface area contributed by atoms with Crippen LogP contribution >= 0.6 is 0 Å². The molecule has 13 heavy (non-hydrogen) atoms. The first kappa shape index (κ1) is 9.47. The average molecular weight is 182 g/mol. The SMILES string of the molecule is CC1CC1NCC1CCCN(C)C1. The lowest BCUT2D eigenvalue weighted by atomic mass is 9.98. The number of hydrogen-bond acceptors (Lipinski definition) is 2. The van der Waals surface area contributed by atoms with Crippen molar-refractivity contribution in [1.82, 2.24) is 10.2 Å². The van der Waals surface area contributed by atoms with Crippen LogP contribution in [0.3, 0.4) is 0 Å². The molecule has 2 nitrogen and oxygen atoms in total. The summed E-state index contributed by atoms with van der Waals surface area (Å²) < 4.78 is 0. The monoisotopic (exact) mass is 182 g/mol. The second kappa shape index (κ2) is 3.97. The maximum atomic E-state index is 3.67. The predicted octanol–water partition coefficient (Wildman–Crippen LogP) is 1.33. The summed E-state index contributed by atoms with van der Waals surface area (Å²) in [6.07, 6.45) is 4.23. The van der Waals surface area contributed by atoms with Gasteiger partial charge in [-0.2, -0.15) is 0 Å². The molecular weight excluding hydrogens is 160 g/mol. The molecule has 0 aromatic rings. The predicted molar refractivity (Wildman–Crippen MR) is 55.8 cm³/mol. The molecule has 0 radical (unpaired) electrons. The van der Waals surface area contributed by atoms with Gasteiger partial charge in [-0.3, -0.25) is 0 Å². The van der Waals surface area contributed by atoms with Gasteiger partial charge in [-0.15, -0.1) is 0 Å². The van der Waals surface area contributed by atoms with E-state index in [2.05, 4.69) is 24.2 Å². The fraction of sp³-hybridized carbons (Fsp3) is 1.00. The van der Waals surface area contributed by atoms with E-state index in [0.717, 1.165) is 17.9 Å². The highest BCUT2D eigenvalue weighted by Gasteiger charge is 2.32. The van der Waals surface area contributed by atoms with Gasteiger partial charge in [-0.05, 0) is 51.2 Å². The molecule has 0 spiro atoms. The molecule has 0 bridgehead atoms. The number of piperidine rings is 1. The lowest BCUT2D eigenvalue weighted by Gasteiger charge is -2.29. The van der Waals surface area contributed by atoms with Gasteiger partial charge in [-0.25, -0.2) is 0 Å². The van der Waals surface area contributed by atoms with Crippen molar-refractivity contribution in [3.63, 3.8) is 0 Å². The smallest absolute Gasteiger partial charge is 0.00965 e. The van der Waals surface area contributed by atoms with Crippen molar-refractivity contribution in [2.45, 2.75) is 32.2 Å². The second-order valence-corrected chi connectivity index (χ2v) is 5.00. The summed E-state index contributed by atoms with van der Waals surface area (Å²) >= 11 is 0. The molecule has 0 aromatic carbocycles. The third kappa shape index (κ3) is 2.68. The Balaban J connectivity index is 1.63. The van der Waals surface area contributed by atoms with Crippen molar-refractivity contribution in [1.29, 1.82) is 0 Å². The maximum Gasteiger partial charge on any atom is 0.00965 e. The highest BCUT2D eigenvalue weighted by atomic mass is 15.1. The summed E-state index contributed by atoms with van der Waals surface area (Å²) in [6.45, 7) is 6.19. The average Bonchev–Trinajstić information content (AvgIpc) is 2.79. The van der Waals surface area contributed by atoms with E-state index >= 15 is 0 Å². The van der Waals surface area contributed by atoms with Crippen molar-refractivity contribution in [3.8, 4) is 0 Å². The maximum absolute atomic E-state index is 3.67. The Morgan fingerprint density at radius 1 is 1.46 bits per heavy atom. The molecule has 76 valence electrons. The molecule has 1 N–H and O–H groups in total. The lowest BCUT2D eigenvalue weighted by molar-refractivity contribution is 0.205. The molecule has 3 atom stereocenters. The van der Waals surface area contributed by atoms with Gasteiger partial charge >= 0.3 is 0 Å². The fourth-order valence-electron chi connectivity index (χ4n) is 2.36. The first-order valence-corrected chi connectivity index (χ1v) is 5.67. The zero-order valence-electron chi connectivity index (χ0n) is 8.92. The molecule has 0 amide bonds. The first-order valence-electron chi connectivity index (χ1n) is 5.67. The summed E-state index contributed by atoms with van der Waals surface area (Å²) in [5.74, 6) is 1.85. The van der Waals surface area contributed by atoms with Gasteiger partial charge in [0, 0.05) is 12.6 Å². The molecule has 2 heteroatoms. The third-order valence-corrected chi connectivity index (χ3v) is 3.50. The van der Waals surface area contributed by atoms with Gasteiger partial charge in [0.05, 0.1) is 0 Å². The Kier molecular flexibility index (Phi) is 2.89. The van der Waals surface area contributed by atoms with Crippen molar-refractivity contribution in [3.05, 3.63) is 0 Å². The highest BCUT2D eigenvalue weighted by Crippen LogP contribution is 2.29. The molecular formula is C11H22N2.